The van der Waals surface area contributed by atoms with Crippen LogP contribution in [0, 0.1) is 55.4 Å². The number of hydrogen-bond donors (Lipinski definition) is 0. The van der Waals surface area contributed by atoms with Crippen molar-refractivity contribution in [2.75, 3.05) is 0 Å². The molecule has 2 aromatic carbocycles. The molecule has 0 saturated carbocycles. The van der Waals surface area contributed by atoms with Crippen LogP contribution in [0.2, 0.25) is 2.52 Å². The maximum atomic E-state index is 2.36. The van der Waals surface area contributed by atoms with E-state index in [4.69, 9.17) is 0 Å². The van der Waals surface area contributed by atoms with E-state index in [9.17, 15) is 0 Å². The molecule has 0 saturated heterocycles. The molecule has 0 aliphatic rings. The Balaban J connectivity index is 2.22. The van der Waals surface area contributed by atoms with Gasteiger partial charge in [0.25, 0.3) is 0 Å². The topological polar surface area (TPSA) is 0 Å². The SMILES string of the molecule is Cc1cc(C)c(C)c([Te]C[Te]c2c(C)c(C)cc(C)c2C)c1C. The van der Waals surface area contributed by atoms with E-state index in [-0.39, 0.29) is 41.8 Å². The first-order chi connectivity index (χ1) is 10.7. The van der Waals surface area contributed by atoms with Crippen LogP contribution in [0.4, 0.5) is 0 Å². The third-order valence-electron chi connectivity index (χ3n) is 5.00. The van der Waals surface area contributed by atoms with E-state index < -0.39 is 0 Å². The number of hydrogen-bond acceptors (Lipinski definition) is 0. The molecule has 0 spiro atoms. The van der Waals surface area contributed by atoms with Crippen LogP contribution in [-0.2, 0) is 0 Å². The molecule has 23 heavy (non-hydrogen) atoms. The molecule has 124 valence electrons. The van der Waals surface area contributed by atoms with Gasteiger partial charge in [-0.3, -0.25) is 0 Å². The van der Waals surface area contributed by atoms with E-state index in [1.165, 1.54) is 24.8 Å². The zero-order valence-electron chi connectivity index (χ0n) is 15.7. The molecule has 0 aliphatic carbocycles. The summed E-state index contributed by atoms with van der Waals surface area (Å²) in [6, 6.07) is 4.71. The summed E-state index contributed by atoms with van der Waals surface area (Å²) in [7, 11) is 0. The third kappa shape index (κ3) is 4.17. The number of benzene rings is 2. The first-order valence-corrected chi connectivity index (χ1v) is 13.8. The summed E-state index contributed by atoms with van der Waals surface area (Å²) in [6.07, 6.45) is 0. The van der Waals surface area contributed by atoms with Gasteiger partial charge in [0.2, 0.25) is 0 Å². The zero-order chi connectivity index (χ0) is 17.3. The van der Waals surface area contributed by atoms with Crippen molar-refractivity contribution in [2.24, 2.45) is 0 Å². The molecule has 2 aromatic rings. The molecule has 0 unspecified atom stereocenters. The van der Waals surface area contributed by atoms with Gasteiger partial charge in [-0.2, -0.15) is 0 Å². The average Bonchev–Trinajstić information content (AvgIpc) is 2.49. The molecular weight excluding hydrogens is 507 g/mol. The van der Waals surface area contributed by atoms with Gasteiger partial charge >= 0.3 is 164 Å². The van der Waals surface area contributed by atoms with Crippen LogP contribution in [0.15, 0.2) is 12.1 Å². The molecule has 0 aliphatic heterocycles. The molecule has 0 fully saturated rings. The third-order valence-corrected chi connectivity index (χ3v) is 15.3. The molecule has 0 atom stereocenters. The summed E-state index contributed by atoms with van der Waals surface area (Å²) in [5.74, 6) is 0. The summed E-state index contributed by atoms with van der Waals surface area (Å²) in [5.41, 5.74) is 12.2. The zero-order valence-corrected chi connectivity index (χ0v) is 20.3. The fraction of sp³-hybridized carbons (Fsp3) is 0.429. The molecule has 0 amide bonds. The number of aryl methyl sites for hydroxylation is 4. The van der Waals surface area contributed by atoms with Crippen LogP contribution < -0.4 is 7.22 Å². The first kappa shape index (κ1) is 19.3. The molecule has 0 heterocycles. The van der Waals surface area contributed by atoms with E-state index >= 15 is 0 Å². The van der Waals surface area contributed by atoms with Gasteiger partial charge in [-0.1, -0.05) is 0 Å². The molecule has 2 rings (SSSR count). The van der Waals surface area contributed by atoms with Gasteiger partial charge < -0.3 is 0 Å². The Hall–Kier alpha value is 0.0192. The summed E-state index contributed by atoms with van der Waals surface area (Å²) in [5, 5.41) is 0. The van der Waals surface area contributed by atoms with Crippen LogP contribution in [0.25, 0.3) is 0 Å². The molecular formula is C21H28Te2. The fourth-order valence-electron chi connectivity index (χ4n) is 2.94. The van der Waals surface area contributed by atoms with Gasteiger partial charge in [0.15, 0.2) is 0 Å². The Labute approximate surface area is 162 Å². The van der Waals surface area contributed by atoms with Crippen molar-refractivity contribution in [3.05, 3.63) is 56.6 Å². The Kier molecular flexibility index (Phi) is 6.67. The van der Waals surface area contributed by atoms with Crippen LogP contribution in [-0.4, -0.2) is 41.8 Å². The average molecular weight is 536 g/mol. The van der Waals surface area contributed by atoms with Gasteiger partial charge in [-0.05, 0) is 0 Å². The Morgan fingerprint density at radius 2 is 0.783 bits per heavy atom. The predicted molar refractivity (Wildman–Crippen MR) is 106 cm³/mol. The Morgan fingerprint density at radius 3 is 1.04 bits per heavy atom. The van der Waals surface area contributed by atoms with Crippen LogP contribution in [0.3, 0.4) is 0 Å². The van der Waals surface area contributed by atoms with Crippen molar-refractivity contribution in [3.8, 4) is 0 Å². The fourth-order valence-corrected chi connectivity index (χ4v) is 13.7. The maximum absolute atomic E-state index is 2.36. The second-order valence-corrected chi connectivity index (χ2v) is 15.7. The predicted octanol–water partition coefficient (Wildman–Crippen LogP) is 3.89. The monoisotopic (exact) mass is 540 g/mol. The molecule has 0 aromatic heterocycles. The second kappa shape index (κ2) is 7.93. The van der Waals surface area contributed by atoms with Gasteiger partial charge in [0, 0.05) is 0 Å². The van der Waals surface area contributed by atoms with Gasteiger partial charge in [0.1, 0.15) is 0 Å². The summed E-state index contributed by atoms with van der Waals surface area (Å²) in [4.78, 5) is 0. The normalized spacial score (nSPS) is 11.1. The quantitative estimate of drug-likeness (QED) is 0.522. The first-order valence-electron chi connectivity index (χ1n) is 8.14. The van der Waals surface area contributed by atoms with Gasteiger partial charge in [0.05, 0.1) is 0 Å². The van der Waals surface area contributed by atoms with Crippen LogP contribution in [0.1, 0.15) is 44.5 Å². The van der Waals surface area contributed by atoms with Crippen molar-refractivity contribution < 1.29 is 0 Å². The summed E-state index contributed by atoms with van der Waals surface area (Å²) >= 11 is -0.130. The van der Waals surface area contributed by atoms with Crippen molar-refractivity contribution in [2.45, 2.75) is 57.9 Å². The molecule has 2 heteroatoms. The standard InChI is InChI=1S/C21H28Te2/c1-12-9-13(2)17(6)20(16(12)5)22-11-23-21-18(7)14(3)10-15(4)19(21)8/h9-10H,11H2,1-8H3. The molecule has 0 N–H and O–H groups in total. The van der Waals surface area contributed by atoms with Crippen molar-refractivity contribution in [1.29, 1.82) is 0 Å². The summed E-state index contributed by atoms with van der Waals surface area (Å²) in [6.45, 7) is 18.4. The van der Waals surface area contributed by atoms with Gasteiger partial charge in [-0.25, -0.2) is 0 Å². The number of rotatable bonds is 4. The summed E-state index contributed by atoms with van der Waals surface area (Å²) < 4.78 is 4.96. The van der Waals surface area contributed by atoms with Crippen molar-refractivity contribution in [1.82, 2.24) is 0 Å². The Morgan fingerprint density at radius 1 is 0.522 bits per heavy atom. The van der Waals surface area contributed by atoms with E-state index in [1.807, 2.05) is 0 Å². The molecule has 0 radical (unpaired) electrons. The van der Waals surface area contributed by atoms with Crippen molar-refractivity contribution in [3.63, 3.8) is 0 Å². The van der Waals surface area contributed by atoms with E-state index in [2.05, 4.69) is 67.5 Å². The molecule has 0 bridgehead atoms. The van der Waals surface area contributed by atoms with E-state index in [0.29, 0.717) is 0 Å². The minimum atomic E-state index is -0.0651. The second-order valence-electron chi connectivity index (χ2n) is 6.59. The van der Waals surface area contributed by atoms with E-state index in [0.717, 1.165) is 0 Å². The van der Waals surface area contributed by atoms with Crippen LogP contribution >= 0.6 is 0 Å². The van der Waals surface area contributed by atoms with Crippen LogP contribution in [0.5, 0.6) is 0 Å². The van der Waals surface area contributed by atoms with Crippen molar-refractivity contribution >= 4 is 49.1 Å². The minimum absolute atomic E-state index is 0.0651. The molecule has 0 nitrogen and oxygen atoms in total. The van der Waals surface area contributed by atoms with E-state index in [1.54, 1.807) is 29.5 Å². The van der Waals surface area contributed by atoms with Gasteiger partial charge in [-0.15, -0.1) is 0 Å². The Bertz CT molecular complexity index is 626.